The van der Waals surface area contributed by atoms with Crippen molar-refractivity contribution in [3.8, 4) is 0 Å². The Balaban J connectivity index is 1.51. The molecular formula is C24H23NO2. The van der Waals surface area contributed by atoms with E-state index in [0.29, 0.717) is 5.56 Å². The zero-order chi connectivity index (χ0) is 18.6. The predicted molar refractivity (Wildman–Crippen MR) is 107 cm³/mol. The summed E-state index contributed by atoms with van der Waals surface area (Å²) in [4.78, 5) is 14.8. The van der Waals surface area contributed by atoms with Crippen LogP contribution in [0.4, 0.5) is 0 Å². The molecule has 3 aromatic rings. The van der Waals surface area contributed by atoms with Crippen LogP contribution in [0.3, 0.4) is 0 Å². The molecule has 0 saturated carbocycles. The summed E-state index contributed by atoms with van der Waals surface area (Å²) in [5.41, 5.74) is 3.11. The third-order valence-corrected chi connectivity index (χ3v) is 5.28. The van der Waals surface area contributed by atoms with Gasteiger partial charge in [-0.25, -0.2) is 4.79 Å². The fourth-order valence-electron chi connectivity index (χ4n) is 3.70. The molecule has 1 aliphatic heterocycles. The van der Waals surface area contributed by atoms with Crippen LogP contribution in [0.5, 0.6) is 0 Å². The monoisotopic (exact) mass is 357 g/mol. The van der Waals surface area contributed by atoms with Crippen LogP contribution in [0.15, 0.2) is 91.0 Å². The number of hydrogen-bond donors (Lipinski definition) is 0. The van der Waals surface area contributed by atoms with Gasteiger partial charge in [0, 0.05) is 12.6 Å². The first kappa shape index (κ1) is 17.5. The number of hydrogen-bond acceptors (Lipinski definition) is 3. The van der Waals surface area contributed by atoms with Crippen LogP contribution in [0.1, 0.15) is 34.5 Å². The lowest BCUT2D eigenvalue weighted by Gasteiger charge is -2.49. The topological polar surface area (TPSA) is 29.5 Å². The second kappa shape index (κ2) is 7.77. The highest BCUT2D eigenvalue weighted by Gasteiger charge is 2.43. The Morgan fingerprint density at radius 1 is 0.852 bits per heavy atom. The molecule has 4 rings (SSSR count). The molecule has 1 aliphatic rings. The molecule has 0 bridgehead atoms. The van der Waals surface area contributed by atoms with Crippen molar-refractivity contribution in [2.75, 3.05) is 6.54 Å². The van der Waals surface area contributed by atoms with E-state index in [1.165, 1.54) is 11.1 Å². The Morgan fingerprint density at radius 3 is 1.81 bits per heavy atom. The van der Waals surface area contributed by atoms with E-state index < -0.39 is 0 Å². The summed E-state index contributed by atoms with van der Waals surface area (Å²) >= 11 is 0. The molecule has 0 spiro atoms. The van der Waals surface area contributed by atoms with Crippen molar-refractivity contribution < 1.29 is 9.53 Å². The third-order valence-electron chi connectivity index (χ3n) is 5.28. The van der Waals surface area contributed by atoms with Crippen molar-refractivity contribution in [3.63, 3.8) is 0 Å². The lowest BCUT2D eigenvalue weighted by molar-refractivity contribution is -0.0827. The fourth-order valence-corrected chi connectivity index (χ4v) is 3.70. The molecule has 3 aromatic carbocycles. The Kier molecular flexibility index (Phi) is 5.03. The molecule has 136 valence electrons. The van der Waals surface area contributed by atoms with Crippen molar-refractivity contribution in [3.05, 3.63) is 108 Å². The van der Waals surface area contributed by atoms with Crippen molar-refractivity contribution in [1.29, 1.82) is 0 Å². The summed E-state index contributed by atoms with van der Waals surface area (Å²) < 4.78 is 5.76. The highest BCUT2D eigenvalue weighted by Crippen LogP contribution is 2.37. The molecule has 1 saturated heterocycles. The minimum absolute atomic E-state index is 0.0902. The molecule has 1 heterocycles. The molecule has 27 heavy (non-hydrogen) atoms. The fraction of sp³-hybridized carbons (Fsp3) is 0.208. The summed E-state index contributed by atoms with van der Waals surface area (Å²) in [6.07, 6.45) is -0.0902. The minimum Gasteiger partial charge on any atom is -0.456 e. The quantitative estimate of drug-likeness (QED) is 0.620. The molecule has 0 aliphatic carbocycles. The van der Waals surface area contributed by atoms with Gasteiger partial charge in [0.15, 0.2) is 0 Å². The lowest BCUT2D eigenvalue weighted by Crippen LogP contribution is -2.61. The van der Waals surface area contributed by atoms with E-state index in [1.54, 1.807) is 12.1 Å². The Hall–Kier alpha value is -2.91. The van der Waals surface area contributed by atoms with Gasteiger partial charge in [0.1, 0.15) is 6.10 Å². The largest absolute Gasteiger partial charge is 0.456 e. The first-order valence-electron chi connectivity index (χ1n) is 9.35. The maximum atomic E-state index is 12.4. The Bertz CT molecular complexity index is 841. The van der Waals surface area contributed by atoms with Crippen LogP contribution >= 0.6 is 0 Å². The molecule has 3 heteroatoms. The van der Waals surface area contributed by atoms with Gasteiger partial charge in [-0.05, 0) is 30.2 Å². The van der Waals surface area contributed by atoms with E-state index in [0.717, 1.165) is 6.54 Å². The van der Waals surface area contributed by atoms with Gasteiger partial charge in [-0.3, -0.25) is 4.90 Å². The van der Waals surface area contributed by atoms with Gasteiger partial charge < -0.3 is 4.74 Å². The van der Waals surface area contributed by atoms with Gasteiger partial charge in [-0.1, -0.05) is 78.9 Å². The molecule has 0 radical (unpaired) electrons. The number of esters is 1. The second-order valence-electron chi connectivity index (χ2n) is 6.97. The number of ether oxygens (including phenoxy) is 1. The van der Waals surface area contributed by atoms with Gasteiger partial charge in [-0.2, -0.15) is 0 Å². The maximum absolute atomic E-state index is 12.4. The zero-order valence-electron chi connectivity index (χ0n) is 15.4. The van der Waals surface area contributed by atoms with Crippen molar-refractivity contribution in [2.24, 2.45) is 0 Å². The van der Waals surface area contributed by atoms with Crippen LogP contribution < -0.4 is 0 Å². The summed E-state index contributed by atoms with van der Waals surface area (Å²) in [7, 11) is 0. The average molecular weight is 357 g/mol. The van der Waals surface area contributed by atoms with E-state index in [9.17, 15) is 4.79 Å². The van der Waals surface area contributed by atoms with E-state index in [2.05, 4.69) is 60.4 Å². The van der Waals surface area contributed by atoms with Crippen LogP contribution in [-0.2, 0) is 4.74 Å². The highest BCUT2D eigenvalue weighted by molar-refractivity contribution is 5.89. The number of benzene rings is 3. The van der Waals surface area contributed by atoms with E-state index in [4.69, 9.17) is 4.74 Å². The normalized spacial score (nSPS) is 19.5. The van der Waals surface area contributed by atoms with Gasteiger partial charge in [0.2, 0.25) is 0 Å². The van der Waals surface area contributed by atoms with Crippen molar-refractivity contribution in [1.82, 2.24) is 4.90 Å². The zero-order valence-corrected chi connectivity index (χ0v) is 15.4. The molecule has 0 unspecified atom stereocenters. The Morgan fingerprint density at radius 2 is 1.33 bits per heavy atom. The molecule has 0 N–H and O–H groups in total. The van der Waals surface area contributed by atoms with E-state index in [-0.39, 0.29) is 24.2 Å². The number of likely N-dealkylation sites (tertiary alicyclic amines) is 1. The van der Waals surface area contributed by atoms with Gasteiger partial charge in [0.05, 0.1) is 11.6 Å². The van der Waals surface area contributed by atoms with Crippen LogP contribution in [0.25, 0.3) is 0 Å². The number of rotatable bonds is 5. The molecule has 3 nitrogen and oxygen atoms in total. The van der Waals surface area contributed by atoms with E-state index >= 15 is 0 Å². The number of carbonyl (C=O) groups excluding carboxylic acids is 1. The molecule has 0 aromatic heterocycles. The first-order chi connectivity index (χ1) is 13.2. The van der Waals surface area contributed by atoms with Crippen LogP contribution in [0, 0.1) is 0 Å². The van der Waals surface area contributed by atoms with Gasteiger partial charge in [0.25, 0.3) is 0 Å². The van der Waals surface area contributed by atoms with Crippen molar-refractivity contribution in [2.45, 2.75) is 25.1 Å². The van der Waals surface area contributed by atoms with Gasteiger partial charge >= 0.3 is 5.97 Å². The molecule has 2 atom stereocenters. The SMILES string of the molecule is C[C@@H]1[C@@H](OC(=O)c2ccccc2)CN1C(c1ccccc1)c1ccccc1. The van der Waals surface area contributed by atoms with Gasteiger partial charge in [-0.15, -0.1) is 0 Å². The molecular weight excluding hydrogens is 334 g/mol. The molecule has 1 fully saturated rings. The second-order valence-corrected chi connectivity index (χ2v) is 6.97. The summed E-state index contributed by atoms with van der Waals surface area (Å²) in [5.74, 6) is -0.247. The highest BCUT2D eigenvalue weighted by atomic mass is 16.5. The average Bonchev–Trinajstić information content (AvgIpc) is 2.74. The summed E-state index contributed by atoms with van der Waals surface area (Å²) in [6, 6.07) is 30.5. The lowest BCUT2D eigenvalue weighted by atomic mass is 9.89. The smallest absolute Gasteiger partial charge is 0.338 e. The summed E-state index contributed by atoms with van der Waals surface area (Å²) in [5, 5.41) is 0. The summed E-state index contributed by atoms with van der Waals surface area (Å²) in [6.45, 7) is 2.86. The third kappa shape index (κ3) is 3.64. The first-order valence-corrected chi connectivity index (χ1v) is 9.35. The van der Waals surface area contributed by atoms with E-state index in [1.807, 2.05) is 30.3 Å². The Labute approximate surface area is 160 Å². The number of carbonyl (C=O) groups is 1. The number of nitrogens with zero attached hydrogens (tertiary/aromatic N) is 1. The standard InChI is InChI=1S/C24H23NO2/c1-18-22(27-24(26)21-15-9-4-10-16-21)17-25(18)23(19-11-5-2-6-12-19)20-13-7-3-8-14-20/h2-16,18,22-23H,17H2,1H3/t18-,22+/m1/s1. The van der Waals surface area contributed by atoms with Crippen LogP contribution in [-0.4, -0.2) is 29.6 Å². The van der Waals surface area contributed by atoms with Crippen molar-refractivity contribution >= 4 is 5.97 Å². The van der Waals surface area contributed by atoms with Crippen LogP contribution in [0.2, 0.25) is 0 Å². The molecule has 0 amide bonds. The maximum Gasteiger partial charge on any atom is 0.338 e. The predicted octanol–water partition coefficient (Wildman–Crippen LogP) is 4.71. The minimum atomic E-state index is -0.247.